The van der Waals surface area contributed by atoms with Crippen molar-refractivity contribution in [2.75, 3.05) is 0 Å². The van der Waals surface area contributed by atoms with Gasteiger partial charge in [-0.05, 0) is 18.6 Å². The second-order valence-corrected chi connectivity index (χ2v) is 3.96. The molecule has 0 aliphatic rings. The molecule has 100 valence electrons. The molecule has 2 rings (SSSR count). The van der Waals surface area contributed by atoms with Crippen LogP contribution in [0.3, 0.4) is 0 Å². The highest BCUT2D eigenvalue weighted by molar-refractivity contribution is 5.48. The van der Waals surface area contributed by atoms with Crippen LogP contribution >= 0.6 is 0 Å². The van der Waals surface area contributed by atoms with E-state index in [4.69, 9.17) is 9.15 Å². The predicted octanol–water partition coefficient (Wildman–Crippen LogP) is 2.43. The maximum atomic E-state index is 10.9. The van der Waals surface area contributed by atoms with Gasteiger partial charge < -0.3 is 9.15 Å². The van der Waals surface area contributed by atoms with Gasteiger partial charge in [-0.2, -0.15) is 0 Å². The molecule has 19 heavy (non-hydrogen) atoms. The van der Waals surface area contributed by atoms with Crippen molar-refractivity contribution in [3.8, 4) is 5.75 Å². The summed E-state index contributed by atoms with van der Waals surface area (Å²) in [4.78, 5) is 10.4. The van der Waals surface area contributed by atoms with Crippen LogP contribution in [-0.4, -0.2) is 15.1 Å². The average molecular weight is 263 g/mol. The fourth-order valence-corrected chi connectivity index (χ4v) is 1.52. The third-order valence-corrected chi connectivity index (χ3v) is 2.47. The van der Waals surface area contributed by atoms with Gasteiger partial charge in [0, 0.05) is 12.5 Å². The summed E-state index contributed by atoms with van der Waals surface area (Å²) in [5.41, 5.74) is 0.793. The Bertz CT molecular complexity index is 594. The molecule has 0 atom stereocenters. The van der Waals surface area contributed by atoms with E-state index < -0.39 is 4.92 Å². The Labute approximate surface area is 109 Å². The number of hydrogen-bond acceptors (Lipinski definition) is 6. The van der Waals surface area contributed by atoms with E-state index in [0.29, 0.717) is 18.2 Å². The van der Waals surface area contributed by atoms with Crippen LogP contribution in [-0.2, 0) is 13.0 Å². The summed E-state index contributed by atoms with van der Waals surface area (Å²) in [6.07, 6.45) is 0.637. The zero-order valence-electron chi connectivity index (χ0n) is 10.6. The van der Waals surface area contributed by atoms with E-state index in [9.17, 15) is 10.1 Å². The Kier molecular flexibility index (Phi) is 3.74. The summed E-state index contributed by atoms with van der Waals surface area (Å²) in [5, 5.41) is 18.4. The van der Waals surface area contributed by atoms with Gasteiger partial charge in [-0.1, -0.05) is 13.0 Å². The molecule has 0 saturated carbocycles. The monoisotopic (exact) mass is 263 g/mol. The third-order valence-electron chi connectivity index (χ3n) is 2.47. The van der Waals surface area contributed by atoms with Crippen LogP contribution < -0.4 is 4.74 Å². The maximum Gasteiger partial charge on any atom is 0.310 e. The van der Waals surface area contributed by atoms with E-state index in [1.54, 1.807) is 12.1 Å². The van der Waals surface area contributed by atoms with Crippen LogP contribution in [0, 0.1) is 17.0 Å². The molecule has 1 aromatic heterocycles. The van der Waals surface area contributed by atoms with Crippen LogP contribution in [0.2, 0.25) is 0 Å². The van der Waals surface area contributed by atoms with Gasteiger partial charge in [0.25, 0.3) is 5.89 Å². The van der Waals surface area contributed by atoms with Crippen molar-refractivity contribution in [2.45, 2.75) is 26.9 Å². The average Bonchev–Trinajstić information content (AvgIpc) is 2.84. The minimum Gasteiger partial charge on any atom is -0.477 e. The minimum absolute atomic E-state index is 0.0112. The van der Waals surface area contributed by atoms with E-state index in [1.807, 2.05) is 13.8 Å². The predicted molar refractivity (Wildman–Crippen MR) is 65.8 cm³/mol. The summed E-state index contributed by atoms with van der Waals surface area (Å²) in [5.74, 6) is 1.01. The number of ether oxygens (including phenoxy) is 1. The summed E-state index contributed by atoms with van der Waals surface area (Å²) in [6.45, 7) is 3.74. The van der Waals surface area contributed by atoms with Crippen molar-refractivity contribution in [3.05, 3.63) is 45.7 Å². The van der Waals surface area contributed by atoms with Gasteiger partial charge in [-0.3, -0.25) is 10.1 Å². The molecule has 7 heteroatoms. The smallest absolute Gasteiger partial charge is 0.310 e. The maximum absolute atomic E-state index is 10.9. The standard InChI is InChI=1S/C12H13N3O4/c1-3-11-13-14-12(19-11)7-18-10-6-8(2)4-5-9(10)15(16)17/h4-6H,3,7H2,1-2H3. The number of nitro groups is 1. The van der Waals surface area contributed by atoms with Crippen molar-refractivity contribution < 1.29 is 14.1 Å². The topological polar surface area (TPSA) is 91.3 Å². The second kappa shape index (κ2) is 5.47. The van der Waals surface area contributed by atoms with E-state index in [2.05, 4.69) is 10.2 Å². The van der Waals surface area contributed by atoms with E-state index in [-0.39, 0.29) is 18.0 Å². The molecule has 2 aromatic rings. The van der Waals surface area contributed by atoms with Crippen molar-refractivity contribution in [3.63, 3.8) is 0 Å². The van der Waals surface area contributed by atoms with Gasteiger partial charge in [0.05, 0.1) is 4.92 Å². The van der Waals surface area contributed by atoms with Crippen LogP contribution in [0.1, 0.15) is 24.3 Å². The lowest BCUT2D eigenvalue weighted by Gasteiger charge is -2.05. The van der Waals surface area contributed by atoms with Crippen molar-refractivity contribution >= 4 is 5.69 Å². The van der Waals surface area contributed by atoms with E-state index in [0.717, 1.165) is 5.56 Å². The number of nitro benzene ring substituents is 1. The molecule has 0 spiro atoms. The van der Waals surface area contributed by atoms with Gasteiger partial charge in [0.2, 0.25) is 5.89 Å². The number of nitrogens with zero attached hydrogens (tertiary/aromatic N) is 3. The Balaban J connectivity index is 2.14. The van der Waals surface area contributed by atoms with Crippen LogP contribution in [0.4, 0.5) is 5.69 Å². The number of rotatable bonds is 5. The quantitative estimate of drug-likeness (QED) is 0.607. The number of hydrogen-bond donors (Lipinski definition) is 0. The highest BCUT2D eigenvalue weighted by Gasteiger charge is 2.16. The SMILES string of the molecule is CCc1nnc(COc2cc(C)ccc2[N+](=O)[O-])o1. The van der Waals surface area contributed by atoms with E-state index in [1.165, 1.54) is 6.07 Å². The first kappa shape index (κ1) is 13.0. The van der Waals surface area contributed by atoms with Crippen molar-refractivity contribution in [1.82, 2.24) is 10.2 Å². The molecule has 1 aromatic carbocycles. The molecular formula is C12H13N3O4. The molecule has 0 aliphatic carbocycles. The molecule has 0 N–H and O–H groups in total. The van der Waals surface area contributed by atoms with Gasteiger partial charge in [-0.25, -0.2) is 0 Å². The molecule has 0 fully saturated rings. The van der Waals surface area contributed by atoms with Crippen LogP contribution in [0.5, 0.6) is 5.75 Å². The number of aryl methyl sites for hydroxylation is 2. The van der Waals surface area contributed by atoms with Crippen LogP contribution in [0.15, 0.2) is 22.6 Å². The molecule has 7 nitrogen and oxygen atoms in total. The largest absolute Gasteiger partial charge is 0.477 e. The van der Waals surface area contributed by atoms with Gasteiger partial charge in [0.15, 0.2) is 12.4 Å². The van der Waals surface area contributed by atoms with Gasteiger partial charge >= 0.3 is 5.69 Å². The first-order valence-corrected chi connectivity index (χ1v) is 5.79. The first-order valence-electron chi connectivity index (χ1n) is 5.79. The lowest BCUT2D eigenvalue weighted by Crippen LogP contribution is -1.99. The summed E-state index contributed by atoms with van der Waals surface area (Å²) in [7, 11) is 0. The zero-order valence-corrected chi connectivity index (χ0v) is 10.6. The Hall–Kier alpha value is -2.44. The normalized spacial score (nSPS) is 10.4. The van der Waals surface area contributed by atoms with Crippen LogP contribution in [0.25, 0.3) is 0 Å². The van der Waals surface area contributed by atoms with Crippen molar-refractivity contribution in [2.24, 2.45) is 0 Å². The third kappa shape index (κ3) is 3.06. The minimum atomic E-state index is -0.486. The fraction of sp³-hybridized carbons (Fsp3) is 0.333. The Morgan fingerprint density at radius 1 is 1.37 bits per heavy atom. The Morgan fingerprint density at radius 3 is 2.74 bits per heavy atom. The molecule has 0 radical (unpaired) electrons. The van der Waals surface area contributed by atoms with Gasteiger partial charge in [-0.15, -0.1) is 10.2 Å². The molecular weight excluding hydrogens is 250 g/mol. The molecule has 0 unspecified atom stereocenters. The summed E-state index contributed by atoms with van der Waals surface area (Å²) in [6, 6.07) is 4.68. The van der Waals surface area contributed by atoms with Gasteiger partial charge in [0.1, 0.15) is 0 Å². The first-order chi connectivity index (χ1) is 9.10. The molecule has 0 amide bonds. The number of benzene rings is 1. The lowest BCUT2D eigenvalue weighted by molar-refractivity contribution is -0.386. The lowest BCUT2D eigenvalue weighted by atomic mass is 10.2. The molecule has 0 bridgehead atoms. The highest BCUT2D eigenvalue weighted by Crippen LogP contribution is 2.28. The number of aromatic nitrogens is 2. The zero-order chi connectivity index (χ0) is 13.8. The van der Waals surface area contributed by atoms with E-state index >= 15 is 0 Å². The van der Waals surface area contributed by atoms with Crippen molar-refractivity contribution in [1.29, 1.82) is 0 Å². The molecule has 0 aliphatic heterocycles. The highest BCUT2D eigenvalue weighted by atomic mass is 16.6. The second-order valence-electron chi connectivity index (χ2n) is 3.96. The summed E-state index contributed by atoms with van der Waals surface area (Å²) < 4.78 is 10.7. The summed E-state index contributed by atoms with van der Waals surface area (Å²) >= 11 is 0. The molecule has 1 heterocycles. The molecule has 0 saturated heterocycles. The fourth-order valence-electron chi connectivity index (χ4n) is 1.52. The Morgan fingerprint density at radius 2 is 2.11 bits per heavy atom.